The van der Waals surface area contributed by atoms with Crippen LogP contribution >= 0.6 is 12.2 Å². The second-order valence-electron chi connectivity index (χ2n) is 5.58. The molecule has 2 rings (SSSR count). The van der Waals surface area contributed by atoms with E-state index in [1.54, 1.807) is 6.92 Å². The molecule has 0 aromatic heterocycles. The SMILES string of the molecule is CCc1ccc(OCc2c(CC)cccc2OC(C)=S)c(C)c1. The fraction of sp³-hybridized carbons (Fsp3) is 0.350. The van der Waals surface area contributed by atoms with Crippen molar-refractivity contribution < 1.29 is 9.47 Å². The molecule has 0 spiro atoms. The molecule has 0 aliphatic carbocycles. The number of hydrogen-bond acceptors (Lipinski definition) is 3. The van der Waals surface area contributed by atoms with Crippen molar-refractivity contribution in [3.63, 3.8) is 0 Å². The van der Waals surface area contributed by atoms with Gasteiger partial charge in [-0.15, -0.1) is 0 Å². The quantitative estimate of drug-likeness (QED) is 0.659. The molecule has 2 nitrogen and oxygen atoms in total. The standard InChI is InChI=1S/C20H24O2S/c1-5-16-10-11-19(14(3)12-16)21-13-18-17(6-2)8-7-9-20(18)22-15(4)23/h7-12H,5-6,13H2,1-4H3. The molecular weight excluding hydrogens is 304 g/mol. The van der Waals surface area contributed by atoms with E-state index in [1.807, 2.05) is 18.2 Å². The van der Waals surface area contributed by atoms with Gasteiger partial charge in [-0.25, -0.2) is 0 Å². The van der Waals surface area contributed by atoms with E-state index in [2.05, 4.69) is 39.0 Å². The van der Waals surface area contributed by atoms with E-state index in [4.69, 9.17) is 21.7 Å². The van der Waals surface area contributed by atoms with E-state index in [-0.39, 0.29) is 0 Å². The maximum atomic E-state index is 6.06. The van der Waals surface area contributed by atoms with E-state index in [9.17, 15) is 0 Å². The minimum atomic E-state index is 0.480. The van der Waals surface area contributed by atoms with Crippen LogP contribution in [0.25, 0.3) is 0 Å². The molecule has 0 atom stereocenters. The first-order valence-electron chi connectivity index (χ1n) is 8.06. The van der Waals surface area contributed by atoms with Gasteiger partial charge < -0.3 is 9.47 Å². The molecular formula is C20H24O2S. The Labute approximate surface area is 144 Å². The van der Waals surface area contributed by atoms with Gasteiger partial charge in [0.05, 0.1) is 0 Å². The number of thiocarbonyl (C=S) groups is 1. The largest absolute Gasteiger partial charge is 0.488 e. The average Bonchev–Trinajstić information content (AvgIpc) is 2.53. The van der Waals surface area contributed by atoms with Gasteiger partial charge in [-0.05, 0) is 60.8 Å². The molecule has 0 heterocycles. The molecule has 0 saturated heterocycles. The van der Waals surface area contributed by atoms with Gasteiger partial charge in [-0.2, -0.15) is 0 Å². The highest BCUT2D eigenvalue weighted by Crippen LogP contribution is 2.27. The van der Waals surface area contributed by atoms with Gasteiger partial charge in [0.25, 0.3) is 0 Å². The van der Waals surface area contributed by atoms with Crippen molar-refractivity contribution >= 4 is 17.3 Å². The van der Waals surface area contributed by atoms with E-state index in [1.165, 1.54) is 11.1 Å². The Morgan fingerprint density at radius 2 is 1.83 bits per heavy atom. The minimum Gasteiger partial charge on any atom is -0.488 e. The Bertz CT molecular complexity index is 692. The molecule has 2 aromatic carbocycles. The zero-order valence-electron chi connectivity index (χ0n) is 14.3. The second-order valence-corrected chi connectivity index (χ2v) is 6.16. The first-order chi connectivity index (χ1) is 11.0. The molecule has 0 N–H and O–H groups in total. The van der Waals surface area contributed by atoms with Crippen molar-refractivity contribution in [2.24, 2.45) is 0 Å². The number of benzene rings is 2. The normalized spacial score (nSPS) is 10.4. The molecule has 0 aliphatic heterocycles. The van der Waals surface area contributed by atoms with Crippen LogP contribution in [0.1, 0.15) is 43.0 Å². The van der Waals surface area contributed by atoms with Crippen molar-refractivity contribution in [3.8, 4) is 11.5 Å². The van der Waals surface area contributed by atoms with Gasteiger partial charge in [-0.3, -0.25) is 0 Å². The summed E-state index contributed by atoms with van der Waals surface area (Å²) >= 11 is 5.08. The lowest BCUT2D eigenvalue weighted by atomic mass is 10.0. The van der Waals surface area contributed by atoms with E-state index in [0.29, 0.717) is 11.7 Å². The topological polar surface area (TPSA) is 18.5 Å². The van der Waals surface area contributed by atoms with E-state index < -0.39 is 0 Å². The fourth-order valence-corrected chi connectivity index (χ4v) is 2.69. The van der Waals surface area contributed by atoms with Gasteiger partial charge in [0, 0.05) is 12.5 Å². The van der Waals surface area contributed by atoms with Crippen LogP contribution in [0, 0.1) is 6.92 Å². The summed E-state index contributed by atoms with van der Waals surface area (Å²) in [5, 5.41) is 0.517. The van der Waals surface area contributed by atoms with Crippen molar-refractivity contribution in [3.05, 3.63) is 58.7 Å². The zero-order valence-corrected chi connectivity index (χ0v) is 15.1. The first-order valence-corrected chi connectivity index (χ1v) is 8.47. The lowest BCUT2D eigenvalue weighted by Crippen LogP contribution is -2.07. The molecule has 0 amide bonds. The Balaban J connectivity index is 2.24. The lowest BCUT2D eigenvalue weighted by Gasteiger charge is -2.16. The van der Waals surface area contributed by atoms with Crippen molar-refractivity contribution in [1.82, 2.24) is 0 Å². The summed E-state index contributed by atoms with van der Waals surface area (Å²) in [6, 6.07) is 12.4. The van der Waals surface area contributed by atoms with Crippen molar-refractivity contribution in [2.45, 2.75) is 47.1 Å². The third-order valence-corrected chi connectivity index (χ3v) is 3.97. The number of hydrogen-bond donors (Lipinski definition) is 0. The van der Waals surface area contributed by atoms with Crippen LogP contribution in [0.15, 0.2) is 36.4 Å². The lowest BCUT2D eigenvalue weighted by molar-refractivity contribution is 0.298. The molecule has 0 saturated carbocycles. The van der Waals surface area contributed by atoms with Crippen molar-refractivity contribution in [2.75, 3.05) is 0 Å². The van der Waals surface area contributed by atoms with Crippen LogP contribution in [0.3, 0.4) is 0 Å². The smallest absolute Gasteiger partial charge is 0.164 e. The van der Waals surface area contributed by atoms with E-state index in [0.717, 1.165) is 35.5 Å². The minimum absolute atomic E-state index is 0.480. The molecule has 0 bridgehead atoms. The predicted octanol–water partition coefficient (Wildman–Crippen LogP) is 5.42. The third-order valence-electron chi connectivity index (χ3n) is 3.88. The highest BCUT2D eigenvalue weighted by molar-refractivity contribution is 7.80. The molecule has 23 heavy (non-hydrogen) atoms. The average molecular weight is 328 g/mol. The molecule has 122 valence electrons. The Morgan fingerprint density at radius 1 is 1.04 bits per heavy atom. The molecule has 0 aliphatic rings. The van der Waals surface area contributed by atoms with Gasteiger partial charge >= 0.3 is 0 Å². The van der Waals surface area contributed by atoms with Crippen molar-refractivity contribution in [1.29, 1.82) is 0 Å². The van der Waals surface area contributed by atoms with E-state index >= 15 is 0 Å². The summed E-state index contributed by atoms with van der Waals surface area (Å²) in [7, 11) is 0. The Kier molecular flexibility index (Phi) is 6.17. The number of aryl methyl sites for hydroxylation is 3. The van der Waals surface area contributed by atoms with Gasteiger partial charge in [0.15, 0.2) is 5.05 Å². The Morgan fingerprint density at radius 3 is 2.43 bits per heavy atom. The monoisotopic (exact) mass is 328 g/mol. The highest BCUT2D eigenvalue weighted by atomic mass is 32.1. The third kappa shape index (κ3) is 4.55. The van der Waals surface area contributed by atoms with Crippen LogP contribution in [-0.2, 0) is 19.4 Å². The maximum absolute atomic E-state index is 6.06. The molecule has 2 aromatic rings. The van der Waals surface area contributed by atoms with Gasteiger partial charge in [-0.1, -0.05) is 38.1 Å². The maximum Gasteiger partial charge on any atom is 0.164 e. The summed E-state index contributed by atoms with van der Waals surface area (Å²) in [6.07, 6.45) is 1.96. The van der Waals surface area contributed by atoms with Gasteiger partial charge in [0.2, 0.25) is 0 Å². The van der Waals surface area contributed by atoms with Crippen LogP contribution in [0.2, 0.25) is 0 Å². The van der Waals surface area contributed by atoms with Crippen LogP contribution in [0.4, 0.5) is 0 Å². The first kappa shape index (κ1) is 17.5. The number of ether oxygens (including phenoxy) is 2. The summed E-state index contributed by atoms with van der Waals surface area (Å²) in [5.41, 5.74) is 4.77. The number of rotatable bonds is 6. The molecule has 0 fully saturated rings. The highest BCUT2D eigenvalue weighted by Gasteiger charge is 2.11. The second kappa shape index (κ2) is 8.11. The summed E-state index contributed by atoms with van der Waals surface area (Å²) in [4.78, 5) is 0. The predicted molar refractivity (Wildman–Crippen MR) is 99.6 cm³/mol. The summed E-state index contributed by atoms with van der Waals surface area (Å²) < 4.78 is 11.8. The van der Waals surface area contributed by atoms with Crippen LogP contribution in [0.5, 0.6) is 11.5 Å². The molecule has 3 heteroatoms. The van der Waals surface area contributed by atoms with Gasteiger partial charge in [0.1, 0.15) is 18.1 Å². The summed E-state index contributed by atoms with van der Waals surface area (Å²) in [5.74, 6) is 1.71. The van der Waals surface area contributed by atoms with Crippen LogP contribution in [-0.4, -0.2) is 5.05 Å². The molecule has 0 radical (unpaired) electrons. The Hall–Kier alpha value is -1.87. The summed E-state index contributed by atoms with van der Waals surface area (Å²) in [6.45, 7) is 8.64. The fourth-order valence-electron chi connectivity index (χ4n) is 2.60. The molecule has 0 unspecified atom stereocenters. The van der Waals surface area contributed by atoms with Crippen LogP contribution < -0.4 is 9.47 Å². The zero-order chi connectivity index (χ0) is 16.8.